The zero-order valence-corrected chi connectivity index (χ0v) is 11.2. The highest BCUT2D eigenvalue weighted by Gasteiger charge is 2.19. The Hall–Kier alpha value is -1.29. The lowest BCUT2D eigenvalue weighted by Gasteiger charge is -2.13. The summed E-state index contributed by atoms with van der Waals surface area (Å²) in [6.45, 7) is 2.59. The van der Waals surface area contributed by atoms with E-state index in [1.54, 1.807) is 0 Å². The van der Waals surface area contributed by atoms with Crippen LogP contribution in [-0.2, 0) is 22.5 Å². The van der Waals surface area contributed by atoms with E-state index in [-0.39, 0.29) is 5.97 Å². The fourth-order valence-corrected chi connectivity index (χ4v) is 2.66. The van der Waals surface area contributed by atoms with Crippen molar-refractivity contribution < 1.29 is 9.53 Å². The number of fused-ring (bicyclic) bond motifs is 1. The zero-order valence-electron chi connectivity index (χ0n) is 11.2. The summed E-state index contributed by atoms with van der Waals surface area (Å²) in [6, 6.07) is 0.422. The maximum absolute atomic E-state index is 11.5. The third-order valence-electron chi connectivity index (χ3n) is 3.53. The van der Waals surface area contributed by atoms with Crippen molar-refractivity contribution in [3.63, 3.8) is 0 Å². The summed E-state index contributed by atoms with van der Waals surface area (Å²) >= 11 is 0. The number of aryl methyl sites for hydroxylation is 1. The standard InChI is InChI=1S/C14H22N2O2/c1-3-18-14(17)10-16-8-11-6-4-5-7-13(15-2)12(11)9-16/h8-9,13,15H,3-7,10H2,1-2H3. The van der Waals surface area contributed by atoms with Gasteiger partial charge in [-0.05, 0) is 44.4 Å². The van der Waals surface area contributed by atoms with Crippen LogP contribution in [0.4, 0.5) is 0 Å². The van der Waals surface area contributed by atoms with Crippen molar-refractivity contribution in [1.29, 1.82) is 0 Å². The molecule has 1 N–H and O–H groups in total. The van der Waals surface area contributed by atoms with E-state index in [9.17, 15) is 4.79 Å². The zero-order chi connectivity index (χ0) is 13.0. The fraction of sp³-hybridized carbons (Fsp3) is 0.643. The van der Waals surface area contributed by atoms with E-state index in [2.05, 4.69) is 17.7 Å². The highest BCUT2D eigenvalue weighted by atomic mass is 16.5. The lowest BCUT2D eigenvalue weighted by molar-refractivity contribution is -0.143. The van der Waals surface area contributed by atoms with Gasteiger partial charge in [-0.3, -0.25) is 4.79 Å². The first-order valence-corrected chi connectivity index (χ1v) is 6.76. The molecule has 0 fully saturated rings. The van der Waals surface area contributed by atoms with Gasteiger partial charge < -0.3 is 14.6 Å². The number of rotatable bonds is 4. The predicted octanol–water partition coefficient (Wildman–Crippen LogP) is 2.04. The molecule has 0 spiro atoms. The first kappa shape index (κ1) is 13.1. The molecule has 0 bridgehead atoms. The molecule has 1 aliphatic carbocycles. The smallest absolute Gasteiger partial charge is 0.325 e. The van der Waals surface area contributed by atoms with Crippen molar-refractivity contribution in [2.45, 2.75) is 45.2 Å². The Bertz CT molecular complexity index is 412. The SMILES string of the molecule is CCOC(=O)Cn1cc2c(c1)C(NC)CCCC2. The van der Waals surface area contributed by atoms with E-state index in [0.29, 0.717) is 19.2 Å². The molecule has 1 atom stereocenters. The molecule has 18 heavy (non-hydrogen) atoms. The molecule has 0 radical (unpaired) electrons. The van der Waals surface area contributed by atoms with Crippen LogP contribution in [0.5, 0.6) is 0 Å². The summed E-state index contributed by atoms with van der Waals surface area (Å²) < 4.78 is 6.94. The first-order valence-electron chi connectivity index (χ1n) is 6.76. The van der Waals surface area contributed by atoms with E-state index < -0.39 is 0 Å². The van der Waals surface area contributed by atoms with Crippen molar-refractivity contribution in [2.24, 2.45) is 0 Å². The van der Waals surface area contributed by atoms with Gasteiger partial charge in [-0.1, -0.05) is 6.42 Å². The highest BCUT2D eigenvalue weighted by Crippen LogP contribution is 2.29. The Morgan fingerprint density at radius 1 is 1.50 bits per heavy atom. The molecule has 1 heterocycles. The van der Waals surface area contributed by atoms with Crippen molar-refractivity contribution in [1.82, 2.24) is 9.88 Å². The Morgan fingerprint density at radius 3 is 3.06 bits per heavy atom. The monoisotopic (exact) mass is 250 g/mol. The Kier molecular flexibility index (Phi) is 4.42. The summed E-state index contributed by atoms with van der Waals surface area (Å²) in [5, 5.41) is 3.36. The number of nitrogens with zero attached hydrogens (tertiary/aromatic N) is 1. The predicted molar refractivity (Wildman–Crippen MR) is 70.4 cm³/mol. The van der Waals surface area contributed by atoms with Crippen molar-refractivity contribution in [3.8, 4) is 0 Å². The van der Waals surface area contributed by atoms with Gasteiger partial charge in [-0.2, -0.15) is 0 Å². The minimum atomic E-state index is -0.163. The largest absolute Gasteiger partial charge is 0.465 e. The van der Waals surface area contributed by atoms with Crippen LogP contribution in [-0.4, -0.2) is 24.2 Å². The van der Waals surface area contributed by atoms with Gasteiger partial charge in [0, 0.05) is 18.4 Å². The van der Waals surface area contributed by atoms with Crippen LogP contribution < -0.4 is 5.32 Å². The summed E-state index contributed by atoms with van der Waals surface area (Å²) in [6.07, 6.45) is 8.98. The maximum atomic E-state index is 11.5. The van der Waals surface area contributed by atoms with Crippen LogP contribution in [0.15, 0.2) is 12.4 Å². The number of carbonyl (C=O) groups excluding carboxylic acids is 1. The second-order valence-corrected chi connectivity index (χ2v) is 4.80. The average Bonchev–Trinajstić information content (AvgIpc) is 2.63. The van der Waals surface area contributed by atoms with E-state index in [1.165, 1.54) is 30.4 Å². The van der Waals surface area contributed by atoms with E-state index in [4.69, 9.17) is 4.74 Å². The minimum Gasteiger partial charge on any atom is -0.465 e. The topological polar surface area (TPSA) is 43.3 Å². The summed E-state index contributed by atoms with van der Waals surface area (Å²) in [5.74, 6) is -0.163. The average molecular weight is 250 g/mol. The van der Waals surface area contributed by atoms with E-state index in [0.717, 1.165) is 6.42 Å². The number of ether oxygens (including phenoxy) is 1. The third kappa shape index (κ3) is 2.93. The quantitative estimate of drug-likeness (QED) is 0.657. The Labute approximate surface area is 108 Å². The lowest BCUT2D eigenvalue weighted by atomic mass is 10.1. The second-order valence-electron chi connectivity index (χ2n) is 4.80. The molecule has 0 aliphatic heterocycles. The van der Waals surface area contributed by atoms with Gasteiger partial charge in [0.2, 0.25) is 0 Å². The molecule has 100 valence electrons. The summed E-state index contributed by atoms with van der Waals surface area (Å²) in [7, 11) is 2.00. The van der Waals surface area contributed by atoms with Crippen molar-refractivity contribution in [3.05, 3.63) is 23.5 Å². The van der Waals surface area contributed by atoms with E-state index >= 15 is 0 Å². The van der Waals surface area contributed by atoms with Gasteiger partial charge in [-0.15, -0.1) is 0 Å². The Morgan fingerprint density at radius 2 is 2.33 bits per heavy atom. The normalized spacial score (nSPS) is 19.1. The number of carbonyl (C=O) groups is 1. The van der Waals surface area contributed by atoms with Crippen molar-refractivity contribution >= 4 is 5.97 Å². The van der Waals surface area contributed by atoms with Gasteiger partial charge in [-0.25, -0.2) is 0 Å². The molecule has 1 unspecified atom stereocenters. The van der Waals surface area contributed by atoms with Crippen LogP contribution >= 0.6 is 0 Å². The second kappa shape index (κ2) is 6.05. The maximum Gasteiger partial charge on any atom is 0.325 e. The molecule has 4 heteroatoms. The molecule has 2 rings (SSSR count). The lowest BCUT2D eigenvalue weighted by Crippen LogP contribution is -2.16. The molecule has 0 saturated carbocycles. The molecule has 0 aromatic carbocycles. The van der Waals surface area contributed by atoms with Crippen LogP contribution in [0.25, 0.3) is 0 Å². The molecule has 1 aromatic heterocycles. The highest BCUT2D eigenvalue weighted by molar-refractivity contribution is 5.69. The van der Waals surface area contributed by atoms with Crippen LogP contribution in [0.2, 0.25) is 0 Å². The molecular weight excluding hydrogens is 228 g/mol. The number of aromatic nitrogens is 1. The van der Waals surface area contributed by atoms with Crippen LogP contribution in [0.1, 0.15) is 43.4 Å². The van der Waals surface area contributed by atoms with Gasteiger partial charge >= 0.3 is 5.97 Å². The van der Waals surface area contributed by atoms with Crippen LogP contribution in [0.3, 0.4) is 0 Å². The third-order valence-corrected chi connectivity index (χ3v) is 3.53. The molecule has 1 aliphatic rings. The van der Waals surface area contributed by atoms with Gasteiger partial charge in [0.25, 0.3) is 0 Å². The molecule has 1 aromatic rings. The van der Waals surface area contributed by atoms with Gasteiger partial charge in [0.1, 0.15) is 6.54 Å². The summed E-state index contributed by atoms with van der Waals surface area (Å²) in [4.78, 5) is 11.5. The number of hydrogen-bond acceptors (Lipinski definition) is 3. The first-order chi connectivity index (χ1) is 8.74. The van der Waals surface area contributed by atoms with Crippen LogP contribution in [0, 0.1) is 0 Å². The molecule has 0 amide bonds. The number of hydrogen-bond donors (Lipinski definition) is 1. The molecule has 0 saturated heterocycles. The van der Waals surface area contributed by atoms with Gasteiger partial charge in [0.15, 0.2) is 0 Å². The Balaban J connectivity index is 2.13. The molecular formula is C14H22N2O2. The van der Waals surface area contributed by atoms with E-state index in [1.807, 2.05) is 18.5 Å². The number of esters is 1. The molecule has 4 nitrogen and oxygen atoms in total. The minimum absolute atomic E-state index is 0.163. The fourth-order valence-electron chi connectivity index (χ4n) is 2.66. The number of nitrogens with one attached hydrogen (secondary N) is 1. The van der Waals surface area contributed by atoms with Gasteiger partial charge in [0.05, 0.1) is 6.61 Å². The summed E-state index contributed by atoms with van der Waals surface area (Å²) in [5.41, 5.74) is 2.72. The van der Waals surface area contributed by atoms with Crippen molar-refractivity contribution in [2.75, 3.05) is 13.7 Å².